The molecule has 2 N–H and O–H groups in total. The smallest absolute Gasteiger partial charge is 0.251 e. The van der Waals surface area contributed by atoms with Gasteiger partial charge < -0.3 is 15.3 Å². The monoisotopic (exact) mass is 352 g/mol. The van der Waals surface area contributed by atoms with Crippen molar-refractivity contribution in [1.82, 2.24) is 10.2 Å². The zero-order valence-electron chi connectivity index (χ0n) is 15.0. The third-order valence-corrected chi connectivity index (χ3v) is 4.65. The van der Waals surface area contributed by atoms with Crippen LogP contribution in [-0.2, 0) is 4.79 Å². The molecular formula is C21H24N2O3. The number of aromatic hydroxyl groups is 1. The lowest BCUT2D eigenvalue weighted by atomic mass is 10.00. The fourth-order valence-corrected chi connectivity index (χ4v) is 3.22. The van der Waals surface area contributed by atoms with Crippen LogP contribution in [0.2, 0.25) is 0 Å². The van der Waals surface area contributed by atoms with Crippen molar-refractivity contribution in [2.75, 3.05) is 19.6 Å². The first-order valence-electron chi connectivity index (χ1n) is 9.00. The Morgan fingerprint density at radius 1 is 1.23 bits per heavy atom. The SMILES string of the molecule is Cc1ccc(O)c(-c2cccc(C(=O)NCCCN3CCCC3=O)c2)c1. The second kappa shape index (κ2) is 8.04. The third kappa shape index (κ3) is 4.23. The third-order valence-electron chi connectivity index (χ3n) is 4.65. The minimum atomic E-state index is -0.147. The Bertz CT molecular complexity index is 817. The molecule has 0 bridgehead atoms. The summed E-state index contributed by atoms with van der Waals surface area (Å²) in [5.41, 5.74) is 3.12. The van der Waals surface area contributed by atoms with Crippen molar-refractivity contribution < 1.29 is 14.7 Å². The van der Waals surface area contributed by atoms with Crippen LogP contribution >= 0.6 is 0 Å². The molecule has 2 amide bonds. The van der Waals surface area contributed by atoms with Gasteiger partial charge in [0.25, 0.3) is 5.91 Å². The van der Waals surface area contributed by atoms with Crippen LogP contribution < -0.4 is 5.32 Å². The number of phenolic OH excluding ortho intramolecular Hbond substituents is 1. The van der Waals surface area contributed by atoms with Crippen molar-refractivity contribution in [3.05, 3.63) is 53.6 Å². The van der Waals surface area contributed by atoms with Crippen LogP contribution in [0.1, 0.15) is 35.2 Å². The average molecular weight is 352 g/mol. The number of aryl methyl sites for hydroxylation is 1. The van der Waals surface area contributed by atoms with E-state index in [1.165, 1.54) is 0 Å². The largest absolute Gasteiger partial charge is 0.507 e. The van der Waals surface area contributed by atoms with E-state index in [4.69, 9.17) is 0 Å². The molecule has 1 aliphatic rings. The summed E-state index contributed by atoms with van der Waals surface area (Å²) < 4.78 is 0. The molecule has 2 aromatic rings. The normalized spacial score (nSPS) is 13.9. The molecule has 5 nitrogen and oxygen atoms in total. The van der Waals surface area contributed by atoms with Gasteiger partial charge in [-0.15, -0.1) is 0 Å². The van der Waals surface area contributed by atoms with E-state index < -0.39 is 0 Å². The van der Waals surface area contributed by atoms with Crippen molar-refractivity contribution >= 4 is 11.8 Å². The first-order valence-corrected chi connectivity index (χ1v) is 9.00. The first kappa shape index (κ1) is 18.0. The van der Waals surface area contributed by atoms with Gasteiger partial charge in [0.05, 0.1) is 0 Å². The number of hydrogen-bond acceptors (Lipinski definition) is 3. The maximum Gasteiger partial charge on any atom is 0.251 e. The minimum Gasteiger partial charge on any atom is -0.507 e. The quantitative estimate of drug-likeness (QED) is 0.785. The molecule has 0 radical (unpaired) electrons. The lowest BCUT2D eigenvalue weighted by Crippen LogP contribution is -2.30. The molecule has 1 saturated heterocycles. The van der Waals surface area contributed by atoms with Gasteiger partial charge in [-0.1, -0.05) is 23.8 Å². The van der Waals surface area contributed by atoms with E-state index >= 15 is 0 Å². The summed E-state index contributed by atoms with van der Waals surface area (Å²) >= 11 is 0. The maximum absolute atomic E-state index is 12.4. The average Bonchev–Trinajstić information content (AvgIpc) is 3.05. The number of rotatable bonds is 6. The van der Waals surface area contributed by atoms with E-state index in [2.05, 4.69) is 5.32 Å². The van der Waals surface area contributed by atoms with E-state index in [0.29, 0.717) is 30.6 Å². The molecule has 1 fully saturated rings. The van der Waals surface area contributed by atoms with Gasteiger partial charge in [0.2, 0.25) is 5.91 Å². The Kier molecular flexibility index (Phi) is 5.56. The van der Waals surface area contributed by atoms with Gasteiger partial charge in [-0.2, -0.15) is 0 Å². The molecule has 0 spiro atoms. The van der Waals surface area contributed by atoms with E-state index in [9.17, 15) is 14.7 Å². The van der Waals surface area contributed by atoms with E-state index in [1.807, 2.05) is 36.1 Å². The van der Waals surface area contributed by atoms with Crippen LogP contribution in [0.5, 0.6) is 5.75 Å². The summed E-state index contributed by atoms with van der Waals surface area (Å²) in [4.78, 5) is 25.8. The summed E-state index contributed by atoms with van der Waals surface area (Å²) in [6.45, 7) is 4.01. The van der Waals surface area contributed by atoms with Gasteiger partial charge in [-0.3, -0.25) is 9.59 Å². The number of nitrogens with one attached hydrogen (secondary N) is 1. The van der Waals surface area contributed by atoms with E-state index in [0.717, 1.165) is 30.5 Å². The molecule has 1 heterocycles. The summed E-state index contributed by atoms with van der Waals surface area (Å²) in [7, 11) is 0. The van der Waals surface area contributed by atoms with Gasteiger partial charge in [-0.05, 0) is 49.6 Å². The Hall–Kier alpha value is -2.82. The number of benzene rings is 2. The molecule has 3 rings (SSSR count). The number of carbonyl (C=O) groups is 2. The maximum atomic E-state index is 12.4. The number of likely N-dealkylation sites (tertiary alicyclic amines) is 1. The Balaban J connectivity index is 1.59. The highest BCUT2D eigenvalue weighted by Crippen LogP contribution is 2.30. The topological polar surface area (TPSA) is 69.6 Å². The molecule has 0 unspecified atom stereocenters. The number of phenols is 1. The zero-order valence-corrected chi connectivity index (χ0v) is 15.0. The van der Waals surface area contributed by atoms with Crippen molar-refractivity contribution in [2.24, 2.45) is 0 Å². The molecule has 0 saturated carbocycles. The Morgan fingerprint density at radius 3 is 2.85 bits per heavy atom. The van der Waals surface area contributed by atoms with E-state index in [-0.39, 0.29) is 17.6 Å². The summed E-state index contributed by atoms with van der Waals surface area (Å²) in [5.74, 6) is 0.261. The number of nitrogens with zero attached hydrogens (tertiary/aromatic N) is 1. The fraction of sp³-hybridized carbons (Fsp3) is 0.333. The van der Waals surface area contributed by atoms with Gasteiger partial charge >= 0.3 is 0 Å². The highest BCUT2D eigenvalue weighted by Gasteiger charge is 2.19. The molecule has 5 heteroatoms. The fourth-order valence-electron chi connectivity index (χ4n) is 3.22. The summed E-state index contributed by atoms with van der Waals surface area (Å²) in [6, 6.07) is 12.7. The standard InChI is InChI=1S/C21H24N2O3/c1-15-8-9-19(24)18(13-15)16-5-2-6-17(14-16)21(26)22-10-4-12-23-11-3-7-20(23)25/h2,5-6,8-9,13-14,24H,3-4,7,10-12H2,1H3,(H,22,26). The number of amides is 2. The predicted octanol–water partition coefficient (Wildman–Crippen LogP) is 3.11. The molecule has 0 atom stereocenters. The predicted molar refractivity (Wildman–Crippen MR) is 101 cm³/mol. The molecule has 136 valence electrons. The van der Waals surface area contributed by atoms with Crippen LogP contribution in [0.4, 0.5) is 0 Å². The second-order valence-electron chi connectivity index (χ2n) is 6.70. The first-order chi connectivity index (χ1) is 12.5. The van der Waals surface area contributed by atoms with Gasteiger partial charge in [0.15, 0.2) is 0 Å². The summed E-state index contributed by atoms with van der Waals surface area (Å²) in [5, 5.41) is 13.0. The van der Waals surface area contributed by atoms with Crippen molar-refractivity contribution in [3.8, 4) is 16.9 Å². The zero-order chi connectivity index (χ0) is 18.5. The lowest BCUT2D eigenvalue weighted by molar-refractivity contribution is -0.127. The van der Waals surface area contributed by atoms with Crippen molar-refractivity contribution in [2.45, 2.75) is 26.2 Å². The molecule has 2 aromatic carbocycles. The van der Waals surface area contributed by atoms with Crippen molar-refractivity contribution in [3.63, 3.8) is 0 Å². The molecule has 1 aliphatic heterocycles. The van der Waals surface area contributed by atoms with Gasteiger partial charge in [0.1, 0.15) is 5.75 Å². The molecule has 26 heavy (non-hydrogen) atoms. The van der Waals surface area contributed by atoms with Gasteiger partial charge in [-0.25, -0.2) is 0 Å². The number of hydrogen-bond donors (Lipinski definition) is 2. The second-order valence-corrected chi connectivity index (χ2v) is 6.70. The van der Waals surface area contributed by atoms with Crippen LogP contribution in [-0.4, -0.2) is 41.5 Å². The van der Waals surface area contributed by atoms with E-state index in [1.54, 1.807) is 18.2 Å². The Labute approximate surface area is 153 Å². The van der Waals surface area contributed by atoms with Gasteiger partial charge in [0, 0.05) is 37.2 Å². The molecule has 0 aliphatic carbocycles. The van der Waals surface area contributed by atoms with Crippen molar-refractivity contribution in [1.29, 1.82) is 0 Å². The van der Waals surface area contributed by atoms with Crippen LogP contribution in [0, 0.1) is 6.92 Å². The van der Waals surface area contributed by atoms with Crippen LogP contribution in [0.3, 0.4) is 0 Å². The highest BCUT2D eigenvalue weighted by atomic mass is 16.3. The lowest BCUT2D eigenvalue weighted by Gasteiger charge is -2.15. The Morgan fingerprint density at radius 2 is 2.08 bits per heavy atom. The number of carbonyl (C=O) groups excluding carboxylic acids is 2. The molecule has 0 aromatic heterocycles. The van der Waals surface area contributed by atoms with Crippen LogP contribution in [0.15, 0.2) is 42.5 Å². The minimum absolute atomic E-state index is 0.147. The highest BCUT2D eigenvalue weighted by molar-refractivity contribution is 5.95. The molecular weight excluding hydrogens is 328 g/mol. The van der Waals surface area contributed by atoms with Crippen LogP contribution in [0.25, 0.3) is 11.1 Å². The summed E-state index contributed by atoms with van der Waals surface area (Å²) in [6.07, 6.45) is 2.32.